The van der Waals surface area contributed by atoms with Gasteiger partial charge in [-0.15, -0.1) is 0 Å². The normalized spacial score (nSPS) is 19.4. The minimum Gasteiger partial charge on any atom is -0.497 e. The van der Waals surface area contributed by atoms with Gasteiger partial charge < -0.3 is 15.0 Å². The summed E-state index contributed by atoms with van der Waals surface area (Å²) in [5.74, 6) is 0.835. The largest absolute Gasteiger partial charge is 0.497 e. The second-order valence-corrected chi connectivity index (χ2v) is 5.76. The number of amides is 2. The lowest BCUT2D eigenvalue weighted by molar-refractivity contribution is 0.134. The van der Waals surface area contributed by atoms with Crippen molar-refractivity contribution in [3.8, 4) is 5.75 Å². The Hall–Kier alpha value is -1.75. The molecule has 1 aliphatic heterocycles. The molecule has 0 aromatic heterocycles. The molecular weight excluding hydrogens is 266 g/mol. The summed E-state index contributed by atoms with van der Waals surface area (Å²) in [4.78, 5) is 16.6. The molecule has 1 aromatic rings. The molecule has 0 radical (unpaired) electrons. The highest BCUT2D eigenvalue weighted by Crippen LogP contribution is 2.27. The summed E-state index contributed by atoms with van der Waals surface area (Å²) >= 11 is 0. The van der Waals surface area contributed by atoms with Crippen molar-refractivity contribution in [3.05, 3.63) is 29.8 Å². The fourth-order valence-corrected chi connectivity index (χ4v) is 2.76. The van der Waals surface area contributed by atoms with Crippen molar-refractivity contribution in [2.24, 2.45) is 0 Å². The third-order valence-corrected chi connectivity index (χ3v) is 4.27. The topological polar surface area (TPSA) is 44.8 Å². The van der Waals surface area contributed by atoms with Crippen LogP contribution in [0, 0.1) is 0 Å². The van der Waals surface area contributed by atoms with E-state index in [0.29, 0.717) is 6.54 Å². The van der Waals surface area contributed by atoms with E-state index in [2.05, 4.69) is 10.2 Å². The van der Waals surface area contributed by atoms with Crippen molar-refractivity contribution in [2.45, 2.75) is 25.4 Å². The van der Waals surface area contributed by atoms with Gasteiger partial charge in [-0.05, 0) is 30.5 Å². The lowest BCUT2D eigenvalue weighted by atomic mass is 10.2. The van der Waals surface area contributed by atoms with Crippen molar-refractivity contribution in [2.75, 3.05) is 33.3 Å². The highest BCUT2D eigenvalue weighted by Gasteiger charge is 2.32. The maximum Gasteiger partial charge on any atom is 0.317 e. The molecule has 0 atom stereocenters. The van der Waals surface area contributed by atoms with E-state index in [1.54, 1.807) is 7.11 Å². The number of methoxy groups -OCH3 is 1. The molecule has 114 valence electrons. The number of urea groups is 1. The molecule has 3 rings (SSSR count). The number of nitrogens with zero attached hydrogens (tertiary/aromatic N) is 2. The third-order valence-electron chi connectivity index (χ3n) is 4.27. The van der Waals surface area contributed by atoms with Crippen LogP contribution >= 0.6 is 0 Å². The zero-order chi connectivity index (χ0) is 14.7. The van der Waals surface area contributed by atoms with E-state index >= 15 is 0 Å². The van der Waals surface area contributed by atoms with Gasteiger partial charge in [0.15, 0.2) is 0 Å². The summed E-state index contributed by atoms with van der Waals surface area (Å²) in [7, 11) is 1.65. The van der Waals surface area contributed by atoms with Gasteiger partial charge in [-0.1, -0.05) is 12.1 Å². The van der Waals surface area contributed by atoms with Gasteiger partial charge in [0.2, 0.25) is 0 Å². The quantitative estimate of drug-likeness (QED) is 0.917. The van der Waals surface area contributed by atoms with Crippen LogP contribution in [0.15, 0.2) is 24.3 Å². The Morgan fingerprint density at radius 1 is 1.19 bits per heavy atom. The molecule has 0 bridgehead atoms. The predicted octanol–water partition coefficient (Wildman–Crippen LogP) is 1.68. The Morgan fingerprint density at radius 3 is 2.43 bits per heavy atom. The lowest BCUT2D eigenvalue weighted by Crippen LogP contribution is -2.52. The molecule has 1 aliphatic carbocycles. The molecule has 1 heterocycles. The van der Waals surface area contributed by atoms with Crippen LogP contribution in [-0.2, 0) is 6.54 Å². The van der Waals surface area contributed by atoms with E-state index in [1.807, 2.05) is 29.2 Å². The number of benzene rings is 1. The number of carbonyl (C=O) groups is 1. The van der Waals surface area contributed by atoms with Crippen LogP contribution in [0.25, 0.3) is 0 Å². The molecule has 1 saturated carbocycles. The van der Waals surface area contributed by atoms with Crippen LogP contribution in [0.1, 0.15) is 18.4 Å². The van der Waals surface area contributed by atoms with Gasteiger partial charge >= 0.3 is 6.03 Å². The third kappa shape index (κ3) is 3.67. The molecule has 2 fully saturated rings. The molecule has 21 heavy (non-hydrogen) atoms. The Bertz CT molecular complexity index is 477. The van der Waals surface area contributed by atoms with E-state index in [4.69, 9.17) is 4.74 Å². The standard InChI is InChI=1S/C16H23N3O2/c1-21-15-6-2-13(3-7-15)12-17-16(20)19-10-8-18(9-11-19)14-4-5-14/h2-3,6-7,14H,4-5,8-12H2,1H3,(H,17,20). The monoisotopic (exact) mass is 289 g/mol. The maximum absolute atomic E-state index is 12.2. The van der Waals surface area contributed by atoms with Gasteiger partial charge in [-0.2, -0.15) is 0 Å². The lowest BCUT2D eigenvalue weighted by Gasteiger charge is -2.34. The zero-order valence-corrected chi connectivity index (χ0v) is 12.5. The minimum absolute atomic E-state index is 0.0428. The molecule has 1 N–H and O–H groups in total. The van der Waals surface area contributed by atoms with Gasteiger partial charge in [0.25, 0.3) is 0 Å². The molecular formula is C16H23N3O2. The van der Waals surface area contributed by atoms with Crippen LogP contribution in [0.5, 0.6) is 5.75 Å². The van der Waals surface area contributed by atoms with Crippen LogP contribution in [0.3, 0.4) is 0 Å². The molecule has 5 heteroatoms. The number of ether oxygens (including phenoxy) is 1. The highest BCUT2D eigenvalue weighted by molar-refractivity contribution is 5.74. The first-order valence-corrected chi connectivity index (χ1v) is 7.66. The summed E-state index contributed by atoms with van der Waals surface area (Å²) in [6.45, 7) is 4.27. The van der Waals surface area contributed by atoms with Crippen molar-refractivity contribution in [1.82, 2.24) is 15.1 Å². The summed E-state index contributed by atoms with van der Waals surface area (Å²) < 4.78 is 5.12. The zero-order valence-electron chi connectivity index (χ0n) is 12.5. The highest BCUT2D eigenvalue weighted by atomic mass is 16.5. The predicted molar refractivity (Wildman–Crippen MR) is 81.4 cm³/mol. The number of carbonyl (C=O) groups excluding carboxylic acids is 1. The second-order valence-electron chi connectivity index (χ2n) is 5.76. The van der Waals surface area contributed by atoms with Gasteiger partial charge in [-0.25, -0.2) is 4.79 Å². The number of hydrogen-bond acceptors (Lipinski definition) is 3. The first-order valence-electron chi connectivity index (χ1n) is 7.66. The van der Waals surface area contributed by atoms with Gasteiger partial charge in [0.1, 0.15) is 5.75 Å². The van der Waals surface area contributed by atoms with Crippen LogP contribution in [-0.4, -0.2) is 55.2 Å². The van der Waals surface area contributed by atoms with Gasteiger partial charge in [0, 0.05) is 38.8 Å². The van der Waals surface area contributed by atoms with E-state index in [-0.39, 0.29) is 6.03 Å². The first kappa shape index (κ1) is 14.2. The number of hydrogen-bond donors (Lipinski definition) is 1. The Morgan fingerprint density at radius 2 is 1.86 bits per heavy atom. The van der Waals surface area contributed by atoms with Gasteiger partial charge in [-0.3, -0.25) is 4.90 Å². The molecule has 1 saturated heterocycles. The summed E-state index contributed by atoms with van der Waals surface area (Å²) in [6.07, 6.45) is 2.67. The molecule has 0 unspecified atom stereocenters. The molecule has 0 spiro atoms. The maximum atomic E-state index is 12.2. The van der Waals surface area contributed by atoms with E-state index in [1.165, 1.54) is 12.8 Å². The summed E-state index contributed by atoms with van der Waals surface area (Å²) in [6, 6.07) is 8.62. The first-order chi connectivity index (χ1) is 10.3. The molecule has 2 amide bonds. The fourth-order valence-electron chi connectivity index (χ4n) is 2.76. The Balaban J connectivity index is 1.43. The van der Waals surface area contributed by atoms with E-state index in [9.17, 15) is 4.79 Å². The minimum atomic E-state index is 0.0428. The summed E-state index contributed by atoms with van der Waals surface area (Å²) in [5.41, 5.74) is 1.08. The van der Waals surface area contributed by atoms with Crippen molar-refractivity contribution >= 4 is 6.03 Å². The smallest absolute Gasteiger partial charge is 0.317 e. The average molecular weight is 289 g/mol. The molecule has 1 aromatic carbocycles. The molecule has 5 nitrogen and oxygen atoms in total. The van der Waals surface area contributed by atoms with Gasteiger partial charge in [0.05, 0.1) is 7.11 Å². The average Bonchev–Trinajstić information content (AvgIpc) is 3.38. The van der Waals surface area contributed by atoms with Crippen molar-refractivity contribution < 1.29 is 9.53 Å². The van der Waals surface area contributed by atoms with Crippen LogP contribution < -0.4 is 10.1 Å². The SMILES string of the molecule is COc1ccc(CNC(=O)N2CCN(C3CC3)CC2)cc1. The number of rotatable bonds is 4. The fraction of sp³-hybridized carbons (Fsp3) is 0.562. The Labute approximate surface area is 125 Å². The molecule has 2 aliphatic rings. The number of nitrogens with one attached hydrogen (secondary N) is 1. The van der Waals surface area contributed by atoms with Crippen molar-refractivity contribution in [3.63, 3.8) is 0 Å². The van der Waals surface area contributed by atoms with E-state index < -0.39 is 0 Å². The second kappa shape index (κ2) is 6.35. The number of piperazine rings is 1. The Kier molecular flexibility index (Phi) is 4.29. The van der Waals surface area contributed by atoms with Crippen LogP contribution in [0.2, 0.25) is 0 Å². The van der Waals surface area contributed by atoms with E-state index in [0.717, 1.165) is 43.5 Å². The van der Waals surface area contributed by atoms with Crippen LogP contribution in [0.4, 0.5) is 4.79 Å². The van der Waals surface area contributed by atoms with Crippen molar-refractivity contribution in [1.29, 1.82) is 0 Å². The summed E-state index contributed by atoms with van der Waals surface area (Å²) in [5, 5.41) is 2.99.